The molecule has 1 aliphatic carbocycles. The van der Waals surface area contributed by atoms with Crippen molar-refractivity contribution in [3.8, 4) is 5.75 Å². The molecule has 0 bridgehead atoms. The summed E-state index contributed by atoms with van der Waals surface area (Å²) in [6.45, 7) is 2.63. The molecule has 0 saturated heterocycles. The molecule has 4 heteroatoms. The number of hydrogen-bond acceptors (Lipinski definition) is 4. The van der Waals surface area contributed by atoms with E-state index in [4.69, 9.17) is 10.5 Å². The maximum absolute atomic E-state index is 5.95. The fourth-order valence-corrected chi connectivity index (χ4v) is 3.78. The Morgan fingerprint density at radius 1 is 1.40 bits per heavy atom. The lowest BCUT2D eigenvalue weighted by Gasteiger charge is -2.25. The maximum Gasteiger partial charge on any atom is 0.123 e. The Hall–Kier alpha value is -1.68. The molecule has 1 heterocycles. The number of anilines is 2. The molecule has 0 saturated carbocycles. The minimum Gasteiger partial charge on any atom is -0.494 e. The van der Waals surface area contributed by atoms with Gasteiger partial charge in [-0.2, -0.15) is 0 Å². The highest BCUT2D eigenvalue weighted by molar-refractivity contribution is 7.10. The van der Waals surface area contributed by atoms with E-state index in [-0.39, 0.29) is 0 Å². The number of ether oxygens (including phenoxy) is 1. The second kappa shape index (κ2) is 5.75. The lowest BCUT2D eigenvalue weighted by atomic mass is 9.94. The van der Waals surface area contributed by atoms with Crippen molar-refractivity contribution in [3.05, 3.63) is 40.1 Å². The van der Waals surface area contributed by atoms with Crippen molar-refractivity contribution in [2.45, 2.75) is 32.2 Å². The third-order valence-corrected chi connectivity index (χ3v) is 4.63. The van der Waals surface area contributed by atoms with Gasteiger partial charge in [-0.3, -0.25) is 0 Å². The molecule has 0 fully saturated rings. The lowest BCUT2D eigenvalue weighted by molar-refractivity contribution is 0.340. The minimum atomic E-state index is 0.390. The number of aryl methyl sites for hydroxylation is 1. The van der Waals surface area contributed by atoms with Gasteiger partial charge >= 0.3 is 0 Å². The van der Waals surface area contributed by atoms with Crippen LogP contribution in [0, 0.1) is 0 Å². The van der Waals surface area contributed by atoms with Gasteiger partial charge in [-0.1, -0.05) is 0 Å². The highest BCUT2D eigenvalue weighted by Gasteiger charge is 2.21. The van der Waals surface area contributed by atoms with E-state index >= 15 is 0 Å². The zero-order valence-corrected chi connectivity index (χ0v) is 12.5. The quantitative estimate of drug-likeness (QED) is 0.828. The number of nitrogens with two attached hydrogens (primary N) is 1. The van der Waals surface area contributed by atoms with Crippen LogP contribution in [0.15, 0.2) is 29.6 Å². The molecule has 1 aromatic carbocycles. The van der Waals surface area contributed by atoms with Crippen LogP contribution in [-0.2, 0) is 6.42 Å². The number of fused-ring (bicyclic) bond motifs is 1. The fourth-order valence-electron chi connectivity index (χ4n) is 2.79. The highest BCUT2D eigenvalue weighted by Crippen LogP contribution is 2.36. The van der Waals surface area contributed by atoms with Gasteiger partial charge in [0.1, 0.15) is 5.75 Å². The van der Waals surface area contributed by atoms with Crippen LogP contribution in [0.1, 0.15) is 36.2 Å². The number of benzene rings is 1. The zero-order valence-electron chi connectivity index (χ0n) is 11.7. The highest BCUT2D eigenvalue weighted by atomic mass is 32.1. The summed E-state index contributed by atoms with van der Waals surface area (Å²) < 4.78 is 5.55. The van der Waals surface area contributed by atoms with E-state index in [2.05, 4.69) is 16.8 Å². The van der Waals surface area contributed by atoms with Crippen LogP contribution < -0.4 is 15.8 Å². The number of rotatable bonds is 4. The molecule has 1 aromatic heterocycles. The Labute approximate surface area is 123 Å². The molecule has 0 aliphatic heterocycles. The number of nitrogen functional groups attached to an aromatic ring is 1. The summed E-state index contributed by atoms with van der Waals surface area (Å²) in [5.74, 6) is 0.830. The summed E-state index contributed by atoms with van der Waals surface area (Å²) in [5.41, 5.74) is 9.17. The van der Waals surface area contributed by atoms with Crippen molar-refractivity contribution in [3.63, 3.8) is 0 Å². The van der Waals surface area contributed by atoms with Crippen molar-refractivity contribution < 1.29 is 4.74 Å². The average molecular weight is 288 g/mol. The molecule has 20 heavy (non-hydrogen) atoms. The Kier molecular flexibility index (Phi) is 3.83. The first kappa shape index (κ1) is 13.3. The van der Waals surface area contributed by atoms with E-state index in [0.717, 1.165) is 17.1 Å². The average Bonchev–Trinajstić information content (AvgIpc) is 2.88. The standard InChI is InChI=1S/C16H20N2OS/c1-2-19-13-9-11(17)8-12(10-13)18-15-4-3-5-16-14(15)6-7-20-16/h6-10,15,18H,2-5,17H2,1H3. The molecule has 1 atom stereocenters. The first-order valence-electron chi connectivity index (χ1n) is 7.12. The van der Waals surface area contributed by atoms with Gasteiger partial charge in [0.2, 0.25) is 0 Å². The monoisotopic (exact) mass is 288 g/mol. The van der Waals surface area contributed by atoms with E-state index in [1.165, 1.54) is 29.7 Å². The smallest absolute Gasteiger partial charge is 0.123 e. The molecule has 0 radical (unpaired) electrons. The molecular weight excluding hydrogens is 268 g/mol. The second-order valence-corrected chi connectivity index (χ2v) is 6.11. The normalized spacial score (nSPS) is 17.6. The van der Waals surface area contributed by atoms with Gasteiger partial charge in [0.05, 0.1) is 12.6 Å². The van der Waals surface area contributed by atoms with E-state index in [9.17, 15) is 0 Å². The van der Waals surface area contributed by atoms with Crippen molar-refractivity contribution in [2.75, 3.05) is 17.7 Å². The summed E-state index contributed by atoms with van der Waals surface area (Å²) in [5, 5.41) is 5.80. The predicted octanol–water partition coefficient (Wildman–Crippen LogP) is 4.22. The van der Waals surface area contributed by atoms with Gasteiger partial charge in [0, 0.05) is 28.4 Å². The van der Waals surface area contributed by atoms with E-state index < -0.39 is 0 Å². The third kappa shape index (κ3) is 2.75. The molecule has 3 rings (SSSR count). The van der Waals surface area contributed by atoms with Crippen LogP contribution in [0.4, 0.5) is 11.4 Å². The van der Waals surface area contributed by atoms with Crippen molar-refractivity contribution in [2.24, 2.45) is 0 Å². The van der Waals surface area contributed by atoms with Gasteiger partial charge in [0.25, 0.3) is 0 Å². The van der Waals surface area contributed by atoms with Crippen LogP contribution in [0.3, 0.4) is 0 Å². The molecular formula is C16H20N2OS. The van der Waals surface area contributed by atoms with Gasteiger partial charge in [-0.15, -0.1) is 11.3 Å². The van der Waals surface area contributed by atoms with Crippen LogP contribution in [-0.4, -0.2) is 6.61 Å². The van der Waals surface area contributed by atoms with Crippen molar-refractivity contribution >= 4 is 22.7 Å². The number of thiophene rings is 1. The van der Waals surface area contributed by atoms with Gasteiger partial charge in [-0.25, -0.2) is 0 Å². The van der Waals surface area contributed by atoms with E-state index in [1.807, 2.05) is 36.5 Å². The van der Waals surface area contributed by atoms with Crippen LogP contribution in [0.2, 0.25) is 0 Å². The topological polar surface area (TPSA) is 47.3 Å². The molecule has 1 aliphatic rings. The van der Waals surface area contributed by atoms with Crippen LogP contribution >= 0.6 is 11.3 Å². The van der Waals surface area contributed by atoms with E-state index in [0.29, 0.717) is 12.6 Å². The Bertz CT molecular complexity index is 594. The lowest BCUT2D eigenvalue weighted by Crippen LogP contribution is -2.15. The van der Waals surface area contributed by atoms with Crippen molar-refractivity contribution in [1.82, 2.24) is 0 Å². The first-order valence-corrected chi connectivity index (χ1v) is 8.00. The number of nitrogens with one attached hydrogen (secondary N) is 1. The van der Waals surface area contributed by atoms with Gasteiger partial charge in [-0.05, 0) is 49.3 Å². The predicted molar refractivity (Wildman–Crippen MR) is 85.6 cm³/mol. The van der Waals surface area contributed by atoms with E-state index in [1.54, 1.807) is 0 Å². The van der Waals surface area contributed by atoms with Gasteiger partial charge in [0.15, 0.2) is 0 Å². The Balaban J connectivity index is 1.82. The van der Waals surface area contributed by atoms with Crippen LogP contribution in [0.5, 0.6) is 5.75 Å². The minimum absolute atomic E-state index is 0.390. The van der Waals surface area contributed by atoms with Crippen molar-refractivity contribution in [1.29, 1.82) is 0 Å². The number of hydrogen-bond donors (Lipinski definition) is 2. The summed E-state index contributed by atoms with van der Waals surface area (Å²) in [6, 6.07) is 8.50. The Morgan fingerprint density at radius 3 is 3.15 bits per heavy atom. The first-order chi connectivity index (χ1) is 9.76. The molecule has 3 nitrogen and oxygen atoms in total. The molecule has 0 amide bonds. The maximum atomic E-state index is 5.95. The largest absolute Gasteiger partial charge is 0.494 e. The summed E-state index contributed by atoms with van der Waals surface area (Å²) in [6.07, 6.45) is 3.63. The van der Waals surface area contributed by atoms with Gasteiger partial charge < -0.3 is 15.8 Å². The molecule has 3 N–H and O–H groups in total. The molecule has 2 aromatic rings. The molecule has 106 valence electrons. The third-order valence-electron chi connectivity index (χ3n) is 3.63. The summed E-state index contributed by atoms with van der Waals surface area (Å²) >= 11 is 1.86. The molecule has 1 unspecified atom stereocenters. The molecule has 0 spiro atoms. The fraction of sp³-hybridized carbons (Fsp3) is 0.375. The summed E-state index contributed by atoms with van der Waals surface area (Å²) in [7, 11) is 0. The summed E-state index contributed by atoms with van der Waals surface area (Å²) in [4.78, 5) is 1.52. The SMILES string of the molecule is CCOc1cc(N)cc(NC2CCCc3sccc32)c1. The van der Waals surface area contributed by atoms with Crippen LogP contribution in [0.25, 0.3) is 0 Å². The zero-order chi connectivity index (χ0) is 13.9. The second-order valence-electron chi connectivity index (χ2n) is 5.11. The Morgan fingerprint density at radius 2 is 2.30 bits per heavy atom.